The number of nitrogens with zero attached hydrogens (tertiary/aromatic N) is 3. The zero-order valence-electron chi connectivity index (χ0n) is 13.3. The lowest BCUT2D eigenvalue weighted by atomic mass is 9.99. The van der Waals surface area contributed by atoms with E-state index in [-0.39, 0.29) is 23.5 Å². The summed E-state index contributed by atoms with van der Waals surface area (Å²) in [6.45, 7) is -0.870. The maximum absolute atomic E-state index is 12.4. The molecule has 2 aromatic carbocycles. The molecule has 0 saturated carbocycles. The van der Waals surface area contributed by atoms with Crippen LogP contribution in [0, 0.1) is 10.1 Å². The van der Waals surface area contributed by atoms with Gasteiger partial charge in [0, 0.05) is 28.3 Å². The summed E-state index contributed by atoms with van der Waals surface area (Å²) in [5.41, 5.74) is 1.11. The molecular weight excluding hydrogens is 362 g/mol. The Morgan fingerprint density at radius 2 is 2.00 bits per heavy atom. The smallest absolute Gasteiger partial charge is 0.323 e. The van der Waals surface area contributed by atoms with Gasteiger partial charge in [-0.1, -0.05) is 29.8 Å². The highest BCUT2D eigenvalue weighted by molar-refractivity contribution is 6.36. The summed E-state index contributed by atoms with van der Waals surface area (Å²) >= 11 is 6.23. The Labute approximate surface area is 152 Å². The number of fused-ring (bicyclic) bond motifs is 1. The summed E-state index contributed by atoms with van der Waals surface area (Å²) in [5, 5.41) is 20.6. The minimum atomic E-state index is -1.20. The molecule has 132 valence electrons. The van der Waals surface area contributed by atoms with Gasteiger partial charge in [0.15, 0.2) is 0 Å². The van der Waals surface area contributed by atoms with E-state index in [9.17, 15) is 19.7 Å². The van der Waals surface area contributed by atoms with Gasteiger partial charge in [-0.15, -0.1) is 0 Å². The second-order valence-electron chi connectivity index (χ2n) is 5.48. The maximum Gasteiger partial charge on any atom is 0.323 e. The van der Waals surface area contributed by atoms with Crippen LogP contribution in [0.1, 0.15) is 11.1 Å². The molecule has 0 bridgehead atoms. The normalized spacial score (nSPS) is 13.7. The summed E-state index contributed by atoms with van der Waals surface area (Å²) in [4.78, 5) is 39.4. The molecular formula is C17H12ClN3O5. The molecule has 9 heteroatoms. The third-order valence-electron chi connectivity index (χ3n) is 3.83. The Hall–Kier alpha value is -3.26. The fourth-order valence-electron chi connectivity index (χ4n) is 2.71. The molecule has 26 heavy (non-hydrogen) atoms. The van der Waals surface area contributed by atoms with Gasteiger partial charge in [0.25, 0.3) is 5.69 Å². The van der Waals surface area contributed by atoms with Gasteiger partial charge in [0.05, 0.1) is 16.3 Å². The Bertz CT molecular complexity index is 957. The highest BCUT2D eigenvalue weighted by Crippen LogP contribution is 2.32. The number of amides is 1. The zero-order valence-corrected chi connectivity index (χ0v) is 14.0. The van der Waals surface area contributed by atoms with Crippen LogP contribution < -0.4 is 4.90 Å². The van der Waals surface area contributed by atoms with Crippen molar-refractivity contribution in [1.29, 1.82) is 0 Å². The summed E-state index contributed by atoms with van der Waals surface area (Å²) in [5.74, 6) is -1.73. The standard InChI is InChI=1S/C17H12ClN3O5/c18-13-4-2-1-3-11(13)17-12-7-10(21(25)26)5-6-14(12)20(9-16(23)24)15(22)8-19-17/h1-7H,8-9H2,(H,23,24). The van der Waals surface area contributed by atoms with Crippen molar-refractivity contribution in [3.8, 4) is 0 Å². The second-order valence-corrected chi connectivity index (χ2v) is 5.88. The lowest BCUT2D eigenvalue weighted by molar-refractivity contribution is -0.384. The Morgan fingerprint density at radius 1 is 1.27 bits per heavy atom. The van der Waals surface area contributed by atoms with Crippen LogP contribution in [0.4, 0.5) is 11.4 Å². The number of carbonyl (C=O) groups excluding carboxylic acids is 1. The number of hydrogen-bond donors (Lipinski definition) is 1. The third kappa shape index (κ3) is 3.27. The number of nitro groups is 1. The minimum absolute atomic E-state index is 0.201. The van der Waals surface area contributed by atoms with Crippen LogP contribution in [0.5, 0.6) is 0 Å². The summed E-state index contributed by atoms with van der Waals surface area (Å²) in [7, 11) is 0. The molecule has 0 aromatic heterocycles. The number of halogens is 1. The number of hydrogen-bond acceptors (Lipinski definition) is 5. The van der Waals surface area contributed by atoms with E-state index in [4.69, 9.17) is 16.7 Å². The van der Waals surface area contributed by atoms with Crippen LogP contribution in [0.25, 0.3) is 0 Å². The van der Waals surface area contributed by atoms with Crippen LogP contribution in [0.2, 0.25) is 5.02 Å². The molecule has 0 aliphatic carbocycles. The van der Waals surface area contributed by atoms with Crippen LogP contribution in [-0.4, -0.2) is 40.7 Å². The molecule has 0 atom stereocenters. The first-order valence-corrected chi connectivity index (χ1v) is 7.86. The second kappa shape index (κ2) is 6.93. The maximum atomic E-state index is 12.4. The average molecular weight is 374 g/mol. The number of carboxylic acid groups (broad SMARTS) is 1. The first-order chi connectivity index (χ1) is 12.4. The van der Waals surface area contributed by atoms with Crippen LogP contribution in [0.15, 0.2) is 47.5 Å². The van der Waals surface area contributed by atoms with Gasteiger partial charge in [-0.2, -0.15) is 0 Å². The fourth-order valence-corrected chi connectivity index (χ4v) is 2.93. The number of benzene rings is 2. The Balaban J connectivity index is 2.25. The van der Waals surface area contributed by atoms with Gasteiger partial charge in [0.2, 0.25) is 5.91 Å². The summed E-state index contributed by atoms with van der Waals surface area (Å²) in [6, 6.07) is 10.6. The highest BCUT2D eigenvalue weighted by atomic mass is 35.5. The molecule has 1 heterocycles. The first kappa shape index (κ1) is 17.6. The summed E-state index contributed by atoms with van der Waals surface area (Å²) < 4.78 is 0. The lowest BCUT2D eigenvalue weighted by Gasteiger charge is -2.21. The largest absolute Gasteiger partial charge is 0.480 e. The zero-order chi connectivity index (χ0) is 18.8. The van der Waals surface area contributed by atoms with Crippen molar-refractivity contribution in [1.82, 2.24) is 0 Å². The van der Waals surface area contributed by atoms with Gasteiger partial charge >= 0.3 is 5.97 Å². The van der Waals surface area contributed by atoms with Crippen LogP contribution >= 0.6 is 11.6 Å². The number of aliphatic carboxylic acids is 1. The number of anilines is 1. The lowest BCUT2D eigenvalue weighted by Crippen LogP contribution is -2.37. The van der Waals surface area contributed by atoms with E-state index in [2.05, 4.69) is 4.99 Å². The van der Waals surface area contributed by atoms with Crippen molar-refractivity contribution in [2.75, 3.05) is 18.0 Å². The van der Waals surface area contributed by atoms with E-state index in [0.29, 0.717) is 16.3 Å². The number of carbonyl (C=O) groups is 2. The first-order valence-electron chi connectivity index (χ1n) is 7.49. The minimum Gasteiger partial charge on any atom is -0.480 e. The monoisotopic (exact) mass is 373 g/mol. The van der Waals surface area contributed by atoms with Crippen molar-refractivity contribution >= 4 is 40.6 Å². The van der Waals surface area contributed by atoms with Crippen molar-refractivity contribution in [3.63, 3.8) is 0 Å². The van der Waals surface area contributed by atoms with E-state index < -0.39 is 23.3 Å². The van der Waals surface area contributed by atoms with Gasteiger partial charge in [0.1, 0.15) is 13.1 Å². The van der Waals surface area contributed by atoms with Gasteiger partial charge in [-0.3, -0.25) is 29.6 Å². The summed E-state index contributed by atoms with van der Waals surface area (Å²) in [6.07, 6.45) is 0. The molecule has 2 aromatic rings. The molecule has 0 fully saturated rings. The molecule has 0 saturated heterocycles. The van der Waals surface area contributed by atoms with Gasteiger partial charge in [-0.05, 0) is 12.1 Å². The Kier molecular flexibility index (Phi) is 4.68. The van der Waals surface area contributed by atoms with E-state index in [0.717, 1.165) is 4.90 Å². The molecule has 0 unspecified atom stereocenters. The van der Waals surface area contributed by atoms with Crippen LogP contribution in [0.3, 0.4) is 0 Å². The molecule has 1 aliphatic heterocycles. The fraction of sp³-hybridized carbons (Fsp3) is 0.118. The van der Waals surface area contributed by atoms with E-state index in [1.54, 1.807) is 24.3 Å². The van der Waals surface area contributed by atoms with Crippen molar-refractivity contribution in [2.24, 2.45) is 4.99 Å². The number of rotatable bonds is 4. The van der Waals surface area contributed by atoms with E-state index in [1.165, 1.54) is 18.2 Å². The van der Waals surface area contributed by atoms with Crippen molar-refractivity contribution in [3.05, 3.63) is 68.7 Å². The molecule has 1 aliphatic rings. The number of aliphatic imine (C=N–C) groups is 1. The number of nitro benzene ring substituents is 1. The molecule has 0 spiro atoms. The van der Waals surface area contributed by atoms with Crippen molar-refractivity contribution < 1.29 is 19.6 Å². The Morgan fingerprint density at radius 3 is 2.65 bits per heavy atom. The molecule has 1 amide bonds. The van der Waals surface area contributed by atoms with Gasteiger partial charge < -0.3 is 5.11 Å². The van der Waals surface area contributed by atoms with Gasteiger partial charge in [-0.25, -0.2) is 0 Å². The third-order valence-corrected chi connectivity index (χ3v) is 4.16. The van der Waals surface area contributed by atoms with E-state index in [1.807, 2.05) is 0 Å². The quantitative estimate of drug-likeness (QED) is 0.653. The molecule has 0 radical (unpaired) electrons. The van der Waals surface area contributed by atoms with Crippen molar-refractivity contribution in [2.45, 2.75) is 0 Å². The molecule has 8 nitrogen and oxygen atoms in total. The predicted molar refractivity (Wildman–Crippen MR) is 95.0 cm³/mol. The average Bonchev–Trinajstić information content (AvgIpc) is 2.72. The topological polar surface area (TPSA) is 113 Å². The number of non-ortho nitro benzene ring substituents is 1. The molecule has 1 N–H and O–H groups in total. The number of benzodiazepines with no additional fused rings is 1. The van der Waals surface area contributed by atoms with E-state index >= 15 is 0 Å². The SMILES string of the molecule is O=C(O)CN1C(=O)CN=C(c2ccccc2Cl)c2cc([N+](=O)[O-])ccc21. The number of carboxylic acids is 1. The highest BCUT2D eigenvalue weighted by Gasteiger charge is 2.29. The van der Waals surface area contributed by atoms with Crippen LogP contribution in [-0.2, 0) is 9.59 Å². The molecule has 3 rings (SSSR count). The predicted octanol–water partition coefficient (Wildman–Crippen LogP) is 2.52.